The van der Waals surface area contributed by atoms with E-state index in [4.69, 9.17) is 5.73 Å². The standard InChI is InChI=1S/C11H17N5O2/c1-15-3-5-16(6-4-15)11-13-7-8(9(12)14-11)10(17)18-2/h7H,3-6H2,1-2H3,(H2,12,13,14). The van der Waals surface area contributed by atoms with Crippen molar-refractivity contribution >= 4 is 17.7 Å². The van der Waals surface area contributed by atoms with Gasteiger partial charge in [-0.2, -0.15) is 4.98 Å². The van der Waals surface area contributed by atoms with Crippen LogP contribution in [0.2, 0.25) is 0 Å². The Hall–Kier alpha value is -1.89. The number of nitrogens with zero attached hydrogens (tertiary/aromatic N) is 4. The summed E-state index contributed by atoms with van der Waals surface area (Å²) in [7, 11) is 3.38. The molecule has 0 bridgehead atoms. The van der Waals surface area contributed by atoms with Crippen LogP contribution in [0.1, 0.15) is 10.4 Å². The third-order valence-corrected chi connectivity index (χ3v) is 3.00. The first-order valence-corrected chi connectivity index (χ1v) is 5.76. The van der Waals surface area contributed by atoms with E-state index < -0.39 is 5.97 Å². The van der Waals surface area contributed by atoms with Gasteiger partial charge in [-0.3, -0.25) is 0 Å². The lowest BCUT2D eigenvalue weighted by atomic mass is 10.3. The van der Waals surface area contributed by atoms with E-state index in [0.29, 0.717) is 5.95 Å². The van der Waals surface area contributed by atoms with Crippen molar-refractivity contribution in [3.8, 4) is 0 Å². The van der Waals surface area contributed by atoms with Crippen molar-refractivity contribution in [2.45, 2.75) is 0 Å². The number of ether oxygens (including phenoxy) is 1. The van der Waals surface area contributed by atoms with Gasteiger partial charge in [0.15, 0.2) is 0 Å². The number of nitrogen functional groups attached to an aromatic ring is 1. The fourth-order valence-electron chi connectivity index (χ4n) is 1.81. The number of nitrogens with two attached hydrogens (primary N) is 1. The van der Waals surface area contributed by atoms with E-state index in [1.165, 1.54) is 13.3 Å². The summed E-state index contributed by atoms with van der Waals surface area (Å²) in [6, 6.07) is 0. The van der Waals surface area contributed by atoms with Crippen LogP contribution in [0.15, 0.2) is 6.20 Å². The molecule has 0 spiro atoms. The number of carbonyl (C=O) groups excluding carboxylic acids is 1. The maximum Gasteiger partial charge on any atom is 0.343 e. The second-order valence-corrected chi connectivity index (χ2v) is 4.25. The van der Waals surface area contributed by atoms with Crippen molar-refractivity contribution in [3.05, 3.63) is 11.8 Å². The second-order valence-electron chi connectivity index (χ2n) is 4.25. The molecule has 1 aromatic rings. The SMILES string of the molecule is COC(=O)c1cnc(N2CCN(C)CC2)nc1N. The summed E-state index contributed by atoms with van der Waals surface area (Å²) < 4.78 is 4.60. The minimum atomic E-state index is -0.516. The van der Waals surface area contributed by atoms with Crippen LogP contribution < -0.4 is 10.6 Å². The number of anilines is 2. The number of rotatable bonds is 2. The summed E-state index contributed by atoms with van der Waals surface area (Å²) in [6.45, 7) is 3.63. The average molecular weight is 251 g/mol. The maximum absolute atomic E-state index is 11.4. The van der Waals surface area contributed by atoms with Crippen LogP contribution in [0.3, 0.4) is 0 Å². The molecular formula is C11H17N5O2. The van der Waals surface area contributed by atoms with Crippen LogP contribution in [0, 0.1) is 0 Å². The Kier molecular flexibility index (Phi) is 3.61. The molecule has 0 unspecified atom stereocenters. The van der Waals surface area contributed by atoms with Gasteiger partial charge in [0.1, 0.15) is 11.4 Å². The predicted molar refractivity (Wildman–Crippen MR) is 67.5 cm³/mol. The quantitative estimate of drug-likeness (QED) is 0.716. The van der Waals surface area contributed by atoms with Crippen molar-refractivity contribution in [1.82, 2.24) is 14.9 Å². The number of likely N-dealkylation sites (N-methyl/N-ethyl adjacent to an activating group) is 1. The molecule has 98 valence electrons. The molecule has 1 aromatic heterocycles. The molecule has 0 saturated carbocycles. The maximum atomic E-state index is 11.4. The first-order valence-electron chi connectivity index (χ1n) is 5.76. The molecule has 2 N–H and O–H groups in total. The molecule has 2 heterocycles. The molecule has 7 heteroatoms. The average Bonchev–Trinajstić information content (AvgIpc) is 2.38. The number of esters is 1. The van der Waals surface area contributed by atoms with Gasteiger partial charge < -0.3 is 20.3 Å². The highest BCUT2D eigenvalue weighted by atomic mass is 16.5. The third-order valence-electron chi connectivity index (χ3n) is 3.00. The zero-order valence-corrected chi connectivity index (χ0v) is 10.6. The lowest BCUT2D eigenvalue weighted by Crippen LogP contribution is -2.45. The van der Waals surface area contributed by atoms with E-state index in [0.717, 1.165) is 26.2 Å². The molecule has 1 saturated heterocycles. The van der Waals surface area contributed by atoms with Gasteiger partial charge in [0.25, 0.3) is 0 Å². The largest absolute Gasteiger partial charge is 0.465 e. The van der Waals surface area contributed by atoms with E-state index in [2.05, 4.69) is 31.6 Å². The zero-order chi connectivity index (χ0) is 13.1. The van der Waals surface area contributed by atoms with Crippen LogP contribution >= 0.6 is 0 Å². The topological polar surface area (TPSA) is 84.6 Å². The number of carbonyl (C=O) groups is 1. The van der Waals surface area contributed by atoms with Crippen LogP contribution in [0.5, 0.6) is 0 Å². The minimum absolute atomic E-state index is 0.158. The van der Waals surface area contributed by atoms with E-state index >= 15 is 0 Å². The molecule has 0 radical (unpaired) electrons. The van der Waals surface area contributed by atoms with Gasteiger partial charge in [0, 0.05) is 32.4 Å². The highest BCUT2D eigenvalue weighted by Gasteiger charge is 2.19. The van der Waals surface area contributed by atoms with Gasteiger partial charge >= 0.3 is 5.97 Å². The van der Waals surface area contributed by atoms with E-state index in [1.807, 2.05) is 0 Å². The molecule has 1 aliphatic rings. The first kappa shape index (κ1) is 12.6. The summed E-state index contributed by atoms with van der Waals surface area (Å²) in [4.78, 5) is 24.0. The summed E-state index contributed by atoms with van der Waals surface area (Å²) in [5, 5.41) is 0. The number of aromatic nitrogens is 2. The zero-order valence-electron chi connectivity index (χ0n) is 10.6. The molecule has 18 heavy (non-hydrogen) atoms. The van der Waals surface area contributed by atoms with E-state index in [-0.39, 0.29) is 11.4 Å². The molecule has 1 aliphatic heterocycles. The normalized spacial score (nSPS) is 16.7. The van der Waals surface area contributed by atoms with Crippen molar-refractivity contribution in [3.63, 3.8) is 0 Å². The molecule has 0 aliphatic carbocycles. The number of hydrogen-bond acceptors (Lipinski definition) is 7. The molecule has 0 amide bonds. The predicted octanol–water partition coefficient (Wildman–Crippen LogP) is -0.403. The Morgan fingerprint density at radius 2 is 2.06 bits per heavy atom. The minimum Gasteiger partial charge on any atom is -0.465 e. The fraction of sp³-hybridized carbons (Fsp3) is 0.545. The molecule has 0 aromatic carbocycles. The summed E-state index contributed by atoms with van der Waals surface area (Å²) in [5.41, 5.74) is 5.95. The lowest BCUT2D eigenvalue weighted by Gasteiger charge is -2.32. The molecule has 2 rings (SSSR count). The van der Waals surface area contributed by atoms with Crippen molar-refractivity contribution in [2.75, 3.05) is 51.0 Å². The molecular weight excluding hydrogens is 234 g/mol. The fourth-order valence-corrected chi connectivity index (χ4v) is 1.81. The molecule has 7 nitrogen and oxygen atoms in total. The van der Waals surface area contributed by atoms with Gasteiger partial charge in [-0.05, 0) is 7.05 Å². The Balaban J connectivity index is 2.16. The Morgan fingerprint density at radius 1 is 1.39 bits per heavy atom. The monoisotopic (exact) mass is 251 g/mol. The Labute approximate surface area is 106 Å². The van der Waals surface area contributed by atoms with Gasteiger partial charge in [-0.1, -0.05) is 0 Å². The van der Waals surface area contributed by atoms with Crippen LogP contribution in [-0.2, 0) is 4.74 Å². The van der Waals surface area contributed by atoms with Gasteiger partial charge in [-0.15, -0.1) is 0 Å². The summed E-state index contributed by atoms with van der Waals surface area (Å²) >= 11 is 0. The highest BCUT2D eigenvalue weighted by molar-refractivity contribution is 5.93. The number of methoxy groups -OCH3 is 1. The van der Waals surface area contributed by atoms with Gasteiger partial charge in [-0.25, -0.2) is 9.78 Å². The number of hydrogen-bond donors (Lipinski definition) is 1. The van der Waals surface area contributed by atoms with Crippen molar-refractivity contribution in [2.24, 2.45) is 0 Å². The van der Waals surface area contributed by atoms with Crippen molar-refractivity contribution < 1.29 is 9.53 Å². The second kappa shape index (κ2) is 5.18. The van der Waals surface area contributed by atoms with Gasteiger partial charge in [0.05, 0.1) is 7.11 Å². The molecule has 0 atom stereocenters. The van der Waals surface area contributed by atoms with Crippen LogP contribution in [0.4, 0.5) is 11.8 Å². The Bertz CT molecular complexity index is 443. The van der Waals surface area contributed by atoms with Crippen LogP contribution in [-0.4, -0.2) is 61.2 Å². The highest BCUT2D eigenvalue weighted by Crippen LogP contribution is 2.15. The summed E-state index contributed by atoms with van der Waals surface area (Å²) in [6.07, 6.45) is 1.42. The van der Waals surface area contributed by atoms with E-state index in [1.54, 1.807) is 0 Å². The third kappa shape index (κ3) is 2.51. The smallest absolute Gasteiger partial charge is 0.343 e. The molecule has 1 fully saturated rings. The van der Waals surface area contributed by atoms with Gasteiger partial charge in [0.2, 0.25) is 5.95 Å². The van der Waals surface area contributed by atoms with E-state index in [9.17, 15) is 4.79 Å². The lowest BCUT2D eigenvalue weighted by molar-refractivity contribution is 0.0601. The number of piperazine rings is 1. The summed E-state index contributed by atoms with van der Waals surface area (Å²) in [5.74, 6) is 0.205. The Morgan fingerprint density at radius 3 is 2.61 bits per heavy atom. The first-order chi connectivity index (χ1) is 8.61. The van der Waals surface area contributed by atoms with Crippen LogP contribution in [0.25, 0.3) is 0 Å². The van der Waals surface area contributed by atoms with Crippen molar-refractivity contribution in [1.29, 1.82) is 0 Å².